The smallest absolute Gasteiger partial charge is 0.163 e. The highest BCUT2D eigenvalue weighted by atomic mass is 16.5. The lowest BCUT2D eigenvalue weighted by molar-refractivity contribution is 0.0433. The molecule has 0 aliphatic carbocycles. The summed E-state index contributed by atoms with van der Waals surface area (Å²) in [5.74, 6) is 6.65. The number of anilines is 1. The molecular formula is C12H20N6O. The molecule has 0 saturated carbocycles. The highest BCUT2D eigenvalue weighted by molar-refractivity contribution is 5.86. The Morgan fingerprint density at radius 1 is 1.47 bits per heavy atom. The third-order valence-corrected chi connectivity index (χ3v) is 2.97. The Kier molecular flexibility index (Phi) is 4.28. The van der Waals surface area contributed by atoms with Crippen molar-refractivity contribution in [2.45, 2.75) is 39.4 Å². The summed E-state index contributed by atoms with van der Waals surface area (Å²) < 4.78 is 7.40. The van der Waals surface area contributed by atoms with Gasteiger partial charge in [-0.05, 0) is 13.3 Å². The van der Waals surface area contributed by atoms with Crippen LogP contribution >= 0.6 is 0 Å². The summed E-state index contributed by atoms with van der Waals surface area (Å²) >= 11 is 0. The fourth-order valence-electron chi connectivity index (χ4n) is 1.95. The number of hydrogen-bond donors (Lipinski definition) is 2. The average molecular weight is 264 g/mol. The molecule has 0 aliphatic rings. The van der Waals surface area contributed by atoms with E-state index in [0.29, 0.717) is 18.2 Å². The molecule has 0 aliphatic heterocycles. The number of rotatable bonds is 6. The van der Waals surface area contributed by atoms with E-state index in [1.165, 1.54) is 0 Å². The average Bonchev–Trinajstić information content (AvgIpc) is 2.78. The Bertz CT molecular complexity index is 552. The number of aromatic nitrogens is 4. The third-order valence-electron chi connectivity index (χ3n) is 2.97. The number of ether oxygens (including phenoxy) is 1. The first kappa shape index (κ1) is 13.7. The number of hydrazine groups is 1. The van der Waals surface area contributed by atoms with Gasteiger partial charge in [-0.1, -0.05) is 13.3 Å². The van der Waals surface area contributed by atoms with Crippen LogP contribution in [0.5, 0.6) is 0 Å². The van der Waals surface area contributed by atoms with Gasteiger partial charge in [0.25, 0.3) is 0 Å². The molecule has 1 atom stereocenters. The highest BCUT2D eigenvalue weighted by Gasteiger charge is 2.11. The van der Waals surface area contributed by atoms with E-state index < -0.39 is 0 Å². The molecule has 1 unspecified atom stereocenters. The lowest BCUT2D eigenvalue weighted by Crippen LogP contribution is -2.13. The van der Waals surface area contributed by atoms with Crippen molar-refractivity contribution in [1.82, 2.24) is 19.7 Å². The zero-order chi connectivity index (χ0) is 13.8. The van der Waals surface area contributed by atoms with Crippen LogP contribution < -0.4 is 11.3 Å². The van der Waals surface area contributed by atoms with Gasteiger partial charge in [0, 0.05) is 7.05 Å². The maximum atomic E-state index is 5.71. The van der Waals surface area contributed by atoms with Crippen molar-refractivity contribution in [3.05, 3.63) is 12.0 Å². The standard InChI is InChI=1S/C12H20N6O/c1-4-5-8(2)19-7-10-15-11(17-13)9-6-14-18(3)12(9)16-10/h6,8H,4-5,7,13H2,1-3H3,(H,15,16,17). The number of fused-ring (bicyclic) bond motifs is 1. The van der Waals surface area contributed by atoms with E-state index in [4.69, 9.17) is 10.6 Å². The van der Waals surface area contributed by atoms with Gasteiger partial charge in [-0.2, -0.15) is 5.10 Å². The molecule has 0 bridgehead atoms. The van der Waals surface area contributed by atoms with Crippen LogP contribution in [0.1, 0.15) is 32.5 Å². The zero-order valence-corrected chi connectivity index (χ0v) is 11.6. The molecule has 104 valence electrons. The minimum absolute atomic E-state index is 0.199. The van der Waals surface area contributed by atoms with E-state index in [1.807, 2.05) is 14.0 Å². The van der Waals surface area contributed by atoms with Gasteiger partial charge >= 0.3 is 0 Å². The molecule has 0 saturated heterocycles. The number of nitrogen functional groups attached to an aromatic ring is 1. The molecule has 0 fully saturated rings. The van der Waals surface area contributed by atoms with Crippen LogP contribution in [-0.4, -0.2) is 25.9 Å². The van der Waals surface area contributed by atoms with Crippen LogP contribution in [0.4, 0.5) is 5.82 Å². The van der Waals surface area contributed by atoms with Gasteiger partial charge in [-0.3, -0.25) is 4.68 Å². The fourth-order valence-corrected chi connectivity index (χ4v) is 1.95. The summed E-state index contributed by atoms with van der Waals surface area (Å²) in [6, 6.07) is 0. The van der Waals surface area contributed by atoms with Crippen molar-refractivity contribution >= 4 is 16.9 Å². The minimum Gasteiger partial charge on any atom is -0.371 e. The maximum Gasteiger partial charge on any atom is 0.163 e. The number of aryl methyl sites for hydroxylation is 1. The molecule has 2 heterocycles. The second kappa shape index (κ2) is 5.94. The molecule has 2 aromatic heterocycles. The summed E-state index contributed by atoms with van der Waals surface area (Å²) in [5, 5.41) is 4.95. The van der Waals surface area contributed by atoms with E-state index >= 15 is 0 Å². The number of nitrogens with zero attached hydrogens (tertiary/aromatic N) is 4. The van der Waals surface area contributed by atoms with Crippen molar-refractivity contribution in [3.8, 4) is 0 Å². The monoisotopic (exact) mass is 264 g/mol. The molecule has 7 heteroatoms. The summed E-state index contributed by atoms with van der Waals surface area (Å²) in [5.41, 5.74) is 3.32. The van der Waals surface area contributed by atoms with E-state index in [0.717, 1.165) is 23.9 Å². The molecular weight excluding hydrogens is 244 g/mol. The van der Waals surface area contributed by atoms with Crippen molar-refractivity contribution < 1.29 is 4.74 Å². The molecule has 0 amide bonds. The van der Waals surface area contributed by atoms with Gasteiger partial charge in [0.1, 0.15) is 6.61 Å². The zero-order valence-electron chi connectivity index (χ0n) is 11.6. The Morgan fingerprint density at radius 2 is 2.26 bits per heavy atom. The van der Waals surface area contributed by atoms with Crippen LogP contribution in [0.25, 0.3) is 11.0 Å². The molecule has 7 nitrogen and oxygen atoms in total. The summed E-state index contributed by atoms with van der Waals surface area (Å²) in [6.45, 7) is 4.56. The van der Waals surface area contributed by atoms with Crippen molar-refractivity contribution in [1.29, 1.82) is 0 Å². The molecule has 2 rings (SSSR count). The molecule has 3 N–H and O–H groups in total. The van der Waals surface area contributed by atoms with Gasteiger partial charge < -0.3 is 10.2 Å². The van der Waals surface area contributed by atoms with Crippen LogP contribution in [0.15, 0.2) is 6.20 Å². The van der Waals surface area contributed by atoms with Crippen molar-refractivity contribution in [2.24, 2.45) is 12.9 Å². The van der Waals surface area contributed by atoms with E-state index in [2.05, 4.69) is 27.4 Å². The second-order valence-corrected chi connectivity index (χ2v) is 4.55. The number of nitrogens with two attached hydrogens (primary N) is 1. The van der Waals surface area contributed by atoms with Gasteiger partial charge in [-0.25, -0.2) is 15.8 Å². The largest absolute Gasteiger partial charge is 0.371 e. The summed E-state index contributed by atoms with van der Waals surface area (Å²) in [6.07, 6.45) is 4.01. The van der Waals surface area contributed by atoms with Crippen molar-refractivity contribution in [3.63, 3.8) is 0 Å². The fraction of sp³-hybridized carbons (Fsp3) is 0.583. The Labute approximate surface area is 112 Å². The molecule has 0 spiro atoms. The topological polar surface area (TPSA) is 90.9 Å². The first-order valence-corrected chi connectivity index (χ1v) is 6.42. The Hall–Kier alpha value is -1.73. The van der Waals surface area contributed by atoms with Gasteiger partial charge in [0.2, 0.25) is 0 Å². The van der Waals surface area contributed by atoms with Crippen LogP contribution in [0.2, 0.25) is 0 Å². The van der Waals surface area contributed by atoms with Gasteiger partial charge in [0.15, 0.2) is 17.3 Å². The van der Waals surface area contributed by atoms with E-state index in [9.17, 15) is 0 Å². The minimum atomic E-state index is 0.199. The van der Waals surface area contributed by atoms with Crippen LogP contribution in [0, 0.1) is 0 Å². The predicted octanol–water partition coefficient (Wildman–Crippen LogP) is 1.35. The SMILES string of the molecule is CCCC(C)OCc1nc(NN)c2cnn(C)c2n1. The highest BCUT2D eigenvalue weighted by Crippen LogP contribution is 2.19. The van der Waals surface area contributed by atoms with E-state index in [1.54, 1.807) is 10.9 Å². The first-order valence-electron chi connectivity index (χ1n) is 6.42. The molecule has 19 heavy (non-hydrogen) atoms. The quantitative estimate of drug-likeness (QED) is 0.604. The van der Waals surface area contributed by atoms with E-state index in [-0.39, 0.29) is 6.10 Å². The summed E-state index contributed by atoms with van der Waals surface area (Å²) in [4.78, 5) is 8.78. The molecule has 0 aromatic carbocycles. The molecule has 0 radical (unpaired) electrons. The van der Waals surface area contributed by atoms with Gasteiger partial charge in [0.05, 0.1) is 17.7 Å². The lowest BCUT2D eigenvalue weighted by Gasteiger charge is -2.11. The van der Waals surface area contributed by atoms with Gasteiger partial charge in [-0.15, -0.1) is 0 Å². The Morgan fingerprint density at radius 3 is 2.95 bits per heavy atom. The normalized spacial score (nSPS) is 12.8. The summed E-state index contributed by atoms with van der Waals surface area (Å²) in [7, 11) is 1.83. The first-order chi connectivity index (χ1) is 9.15. The van der Waals surface area contributed by atoms with Crippen LogP contribution in [-0.2, 0) is 18.4 Å². The second-order valence-electron chi connectivity index (χ2n) is 4.55. The Balaban J connectivity index is 2.21. The molecule has 2 aromatic rings. The predicted molar refractivity (Wildman–Crippen MR) is 73.3 cm³/mol. The third kappa shape index (κ3) is 2.99. The van der Waals surface area contributed by atoms with Crippen molar-refractivity contribution in [2.75, 3.05) is 5.43 Å². The maximum absolute atomic E-state index is 5.71. The number of nitrogens with one attached hydrogen (secondary N) is 1. The number of hydrogen-bond acceptors (Lipinski definition) is 6. The lowest BCUT2D eigenvalue weighted by atomic mass is 10.2. The van der Waals surface area contributed by atoms with Crippen LogP contribution in [0.3, 0.4) is 0 Å².